The van der Waals surface area contributed by atoms with Gasteiger partial charge in [-0.05, 0) is 55.2 Å². The third kappa shape index (κ3) is 9.93. The molecule has 3 heteroatoms. The molecule has 2 N–H and O–H groups in total. The maximum absolute atomic E-state index is 9.88. The van der Waals surface area contributed by atoms with Crippen LogP contribution in [-0.2, 0) is 6.42 Å². The number of benzene rings is 1. The Balaban J connectivity index is 2.09. The minimum absolute atomic E-state index is 0.342. The molecule has 0 radical (unpaired) electrons. The zero-order valence-corrected chi connectivity index (χ0v) is 15.5. The van der Waals surface area contributed by atoms with E-state index in [1.54, 1.807) is 0 Å². The molecule has 0 fully saturated rings. The van der Waals surface area contributed by atoms with Gasteiger partial charge in [-0.15, -0.1) is 11.8 Å². The van der Waals surface area contributed by atoms with Crippen molar-refractivity contribution in [3.05, 3.63) is 23.8 Å². The highest BCUT2D eigenvalue weighted by Crippen LogP contribution is 2.27. The van der Waals surface area contributed by atoms with Gasteiger partial charge in [0.2, 0.25) is 0 Å². The lowest BCUT2D eigenvalue weighted by Crippen LogP contribution is -1.88. The summed E-state index contributed by atoms with van der Waals surface area (Å²) in [5.74, 6) is 1.62. The summed E-state index contributed by atoms with van der Waals surface area (Å²) in [4.78, 5) is 1.29. The Labute approximate surface area is 146 Å². The lowest BCUT2D eigenvalue weighted by molar-refractivity contribution is 0.282. The first kappa shape index (κ1) is 20.4. The molecule has 0 amide bonds. The molecular formula is C20H34O2S. The first-order valence-electron chi connectivity index (χ1n) is 9.33. The van der Waals surface area contributed by atoms with Crippen LogP contribution in [-0.4, -0.2) is 22.6 Å². The van der Waals surface area contributed by atoms with E-state index in [9.17, 15) is 5.11 Å². The third-order valence-electron chi connectivity index (χ3n) is 4.17. The minimum atomic E-state index is 0.342. The fourth-order valence-electron chi connectivity index (χ4n) is 2.68. The van der Waals surface area contributed by atoms with Gasteiger partial charge in [-0.2, -0.15) is 0 Å². The van der Waals surface area contributed by atoms with Crippen molar-refractivity contribution < 1.29 is 10.2 Å². The lowest BCUT2D eigenvalue weighted by atomic mass is 10.1. The van der Waals surface area contributed by atoms with Crippen LogP contribution in [0.25, 0.3) is 0 Å². The fraction of sp³-hybridized carbons (Fsp3) is 0.700. The molecule has 0 aromatic heterocycles. The molecule has 0 saturated heterocycles. The molecule has 0 atom stereocenters. The molecule has 0 bridgehead atoms. The van der Waals surface area contributed by atoms with Crippen molar-refractivity contribution in [3.8, 4) is 5.75 Å². The summed E-state index contributed by atoms with van der Waals surface area (Å²) in [6.45, 7) is 2.52. The van der Waals surface area contributed by atoms with Gasteiger partial charge in [0.05, 0.1) is 0 Å². The molecule has 0 aliphatic heterocycles. The molecule has 0 aliphatic rings. The highest BCUT2D eigenvalue weighted by Gasteiger charge is 2.03. The quantitative estimate of drug-likeness (QED) is 0.326. The number of aliphatic hydroxyl groups excluding tert-OH is 1. The van der Waals surface area contributed by atoms with Gasteiger partial charge in [0.15, 0.2) is 0 Å². The van der Waals surface area contributed by atoms with E-state index in [0.29, 0.717) is 12.4 Å². The number of aromatic hydroxyl groups is 1. The summed E-state index contributed by atoms with van der Waals surface area (Å²) >= 11 is 1.91. The van der Waals surface area contributed by atoms with Crippen molar-refractivity contribution in [3.63, 3.8) is 0 Å². The standard InChI is InChI=1S/C20H34O2S/c1-2-3-12-18-17-19(13-14-20(18)22)23-16-11-9-7-5-4-6-8-10-15-21/h13-14,17,21-22H,2-12,15-16H2,1H3. The molecular weight excluding hydrogens is 304 g/mol. The second kappa shape index (κ2) is 13.7. The van der Waals surface area contributed by atoms with Crippen LogP contribution in [0.5, 0.6) is 5.75 Å². The molecule has 0 aliphatic carbocycles. The van der Waals surface area contributed by atoms with Crippen LogP contribution in [0.15, 0.2) is 23.1 Å². The van der Waals surface area contributed by atoms with Crippen LogP contribution in [0, 0.1) is 0 Å². The Bertz CT molecular complexity index is 407. The van der Waals surface area contributed by atoms with Crippen molar-refractivity contribution in [2.45, 2.75) is 82.4 Å². The number of aliphatic hydroxyl groups is 1. The van der Waals surface area contributed by atoms with Crippen molar-refractivity contribution in [1.82, 2.24) is 0 Å². The highest BCUT2D eigenvalue weighted by atomic mass is 32.2. The Kier molecular flexibility index (Phi) is 12.2. The predicted octanol–water partition coefficient (Wildman–Crippen LogP) is 5.94. The summed E-state index contributed by atoms with van der Waals surface area (Å²) in [6, 6.07) is 6.05. The number of phenolic OH excluding ortho intramolecular Hbond substituents is 1. The van der Waals surface area contributed by atoms with Gasteiger partial charge >= 0.3 is 0 Å². The van der Waals surface area contributed by atoms with Gasteiger partial charge < -0.3 is 10.2 Å². The smallest absolute Gasteiger partial charge is 0.118 e. The van der Waals surface area contributed by atoms with Gasteiger partial charge in [-0.25, -0.2) is 0 Å². The van der Waals surface area contributed by atoms with Crippen LogP contribution in [0.2, 0.25) is 0 Å². The van der Waals surface area contributed by atoms with Crippen LogP contribution in [0.3, 0.4) is 0 Å². The Hall–Kier alpha value is -0.670. The summed E-state index contributed by atoms with van der Waals surface area (Å²) in [6.07, 6.45) is 13.2. The fourth-order valence-corrected chi connectivity index (χ4v) is 3.66. The van der Waals surface area contributed by atoms with Crippen molar-refractivity contribution in [2.24, 2.45) is 0 Å². The van der Waals surface area contributed by atoms with E-state index in [1.807, 2.05) is 23.9 Å². The second-order valence-corrected chi connectivity index (χ2v) is 7.46. The molecule has 0 heterocycles. The van der Waals surface area contributed by atoms with E-state index in [1.165, 1.54) is 55.6 Å². The average molecular weight is 339 g/mol. The molecule has 0 unspecified atom stereocenters. The Morgan fingerprint density at radius 3 is 2.17 bits per heavy atom. The number of rotatable bonds is 14. The summed E-state index contributed by atoms with van der Waals surface area (Å²) < 4.78 is 0. The van der Waals surface area contributed by atoms with Crippen LogP contribution in [0.1, 0.15) is 76.7 Å². The topological polar surface area (TPSA) is 40.5 Å². The SMILES string of the molecule is CCCCc1cc(SCCCCCCCCCCO)ccc1O. The van der Waals surface area contributed by atoms with Crippen molar-refractivity contribution in [2.75, 3.05) is 12.4 Å². The largest absolute Gasteiger partial charge is 0.508 e. The van der Waals surface area contributed by atoms with Gasteiger partial charge in [0, 0.05) is 11.5 Å². The maximum atomic E-state index is 9.88. The van der Waals surface area contributed by atoms with Crippen molar-refractivity contribution in [1.29, 1.82) is 0 Å². The van der Waals surface area contributed by atoms with Gasteiger partial charge in [0.1, 0.15) is 5.75 Å². The number of hydrogen-bond acceptors (Lipinski definition) is 3. The summed E-state index contributed by atoms with van der Waals surface area (Å²) in [5, 5.41) is 18.6. The molecule has 1 rings (SSSR count). The number of phenols is 1. The number of hydrogen-bond donors (Lipinski definition) is 2. The molecule has 1 aromatic carbocycles. The molecule has 0 spiro atoms. The first-order valence-corrected chi connectivity index (χ1v) is 10.3. The van der Waals surface area contributed by atoms with Crippen LogP contribution < -0.4 is 0 Å². The number of unbranched alkanes of at least 4 members (excludes halogenated alkanes) is 8. The van der Waals surface area contributed by atoms with Gasteiger partial charge in [-0.3, -0.25) is 0 Å². The van der Waals surface area contributed by atoms with E-state index in [-0.39, 0.29) is 0 Å². The summed E-state index contributed by atoms with van der Waals surface area (Å²) in [5.41, 5.74) is 1.10. The molecule has 0 saturated carbocycles. The molecule has 1 aromatic rings. The Morgan fingerprint density at radius 2 is 1.52 bits per heavy atom. The minimum Gasteiger partial charge on any atom is -0.508 e. The zero-order chi connectivity index (χ0) is 16.8. The van der Waals surface area contributed by atoms with Crippen LogP contribution in [0.4, 0.5) is 0 Å². The van der Waals surface area contributed by atoms with E-state index in [2.05, 4.69) is 13.0 Å². The Morgan fingerprint density at radius 1 is 0.870 bits per heavy atom. The number of thioether (sulfide) groups is 1. The third-order valence-corrected chi connectivity index (χ3v) is 5.25. The maximum Gasteiger partial charge on any atom is 0.118 e. The average Bonchev–Trinajstić information content (AvgIpc) is 2.56. The van der Waals surface area contributed by atoms with Crippen LogP contribution >= 0.6 is 11.8 Å². The highest BCUT2D eigenvalue weighted by molar-refractivity contribution is 7.99. The lowest BCUT2D eigenvalue weighted by Gasteiger charge is -2.07. The monoisotopic (exact) mass is 338 g/mol. The van der Waals surface area contributed by atoms with Gasteiger partial charge in [0.25, 0.3) is 0 Å². The van der Waals surface area contributed by atoms with Gasteiger partial charge in [-0.1, -0.05) is 51.9 Å². The summed E-state index contributed by atoms with van der Waals surface area (Å²) in [7, 11) is 0. The number of aryl methyl sites for hydroxylation is 1. The van der Waals surface area contributed by atoms with E-state index >= 15 is 0 Å². The van der Waals surface area contributed by atoms with E-state index in [0.717, 1.165) is 31.2 Å². The van der Waals surface area contributed by atoms with E-state index < -0.39 is 0 Å². The molecule has 132 valence electrons. The first-order chi connectivity index (χ1) is 11.3. The molecule has 23 heavy (non-hydrogen) atoms. The normalized spacial score (nSPS) is 11.0. The predicted molar refractivity (Wildman–Crippen MR) is 101 cm³/mol. The second-order valence-electron chi connectivity index (χ2n) is 6.29. The van der Waals surface area contributed by atoms with E-state index in [4.69, 9.17) is 5.11 Å². The molecule has 2 nitrogen and oxygen atoms in total. The zero-order valence-electron chi connectivity index (χ0n) is 14.7. The van der Waals surface area contributed by atoms with Crippen molar-refractivity contribution >= 4 is 11.8 Å².